The van der Waals surface area contributed by atoms with Gasteiger partial charge in [0.1, 0.15) is 5.82 Å². The second-order valence-corrected chi connectivity index (χ2v) is 8.41. The topological polar surface area (TPSA) is 64.2 Å². The number of nitrogens with zero attached hydrogens (tertiary/aromatic N) is 3. The van der Waals surface area contributed by atoms with Gasteiger partial charge in [-0.1, -0.05) is 13.8 Å². The molecule has 2 aliphatic heterocycles. The first-order chi connectivity index (χ1) is 12.4. The summed E-state index contributed by atoms with van der Waals surface area (Å²) in [5.41, 5.74) is 10.0. The van der Waals surface area contributed by atoms with E-state index in [1.807, 2.05) is 23.6 Å². The molecule has 2 aromatic heterocycles. The maximum atomic E-state index is 12.8. The number of piperidine rings is 1. The molecule has 2 aliphatic rings. The molecular formula is C21H28N4O. The first-order valence-corrected chi connectivity index (χ1v) is 9.61. The van der Waals surface area contributed by atoms with E-state index in [0.29, 0.717) is 23.6 Å². The average molecular weight is 352 g/mol. The van der Waals surface area contributed by atoms with Gasteiger partial charge in [0.2, 0.25) is 0 Å². The first kappa shape index (κ1) is 17.3. The quantitative estimate of drug-likeness (QED) is 0.922. The van der Waals surface area contributed by atoms with Crippen molar-refractivity contribution in [3.63, 3.8) is 0 Å². The third-order valence-corrected chi connectivity index (χ3v) is 5.63. The van der Waals surface area contributed by atoms with Crippen molar-refractivity contribution >= 4 is 5.82 Å². The largest absolute Gasteiger partial charge is 0.383 e. The number of rotatable bonds is 3. The smallest absolute Gasteiger partial charge is 0.251 e. The van der Waals surface area contributed by atoms with E-state index in [1.54, 1.807) is 6.07 Å². The fourth-order valence-electron chi connectivity index (χ4n) is 4.70. The van der Waals surface area contributed by atoms with Crippen LogP contribution in [0.5, 0.6) is 0 Å². The SMILES string of the molecule is Cc1ccc(-c2cc3n(c(=O)c2)C[C@H]2C[C@@H]3CN(CC(C)C)C2)c(N)n1. The van der Waals surface area contributed by atoms with Crippen LogP contribution < -0.4 is 11.3 Å². The van der Waals surface area contributed by atoms with Crippen LogP contribution in [0.2, 0.25) is 0 Å². The van der Waals surface area contributed by atoms with Crippen LogP contribution in [0.15, 0.2) is 29.1 Å². The molecule has 5 heteroatoms. The number of nitrogens with two attached hydrogens (primary N) is 1. The second kappa shape index (κ2) is 6.54. The number of hydrogen-bond acceptors (Lipinski definition) is 4. The first-order valence-electron chi connectivity index (χ1n) is 9.61. The molecule has 1 saturated heterocycles. The van der Waals surface area contributed by atoms with E-state index >= 15 is 0 Å². The molecule has 1 fully saturated rings. The third kappa shape index (κ3) is 3.16. The Balaban J connectivity index is 1.73. The molecular weight excluding hydrogens is 324 g/mol. The Bertz CT molecular complexity index is 886. The Kier molecular flexibility index (Phi) is 4.35. The summed E-state index contributed by atoms with van der Waals surface area (Å²) in [6, 6.07) is 7.81. The number of hydrogen-bond donors (Lipinski definition) is 1. The van der Waals surface area contributed by atoms with E-state index in [2.05, 4.69) is 29.8 Å². The number of aryl methyl sites for hydroxylation is 1. The molecule has 0 amide bonds. The summed E-state index contributed by atoms with van der Waals surface area (Å²) in [7, 11) is 0. The molecule has 0 aromatic carbocycles. The van der Waals surface area contributed by atoms with Gasteiger partial charge in [-0.15, -0.1) is 0 Å². The van der Waals surface area contributed by atoms with Crippen molar-refractivity contribution in [1.29, 1.82) is 0 Å². The lowest BCUT2D eigenvalue weighted by atomic mass is 9.82. The van der Waals surface area contributed by atoms with Crippen molar-refractivity contribution in [3.8, 4) is 11.1 Å². The molecule has 0 radical (unpaired) electrons. The molecule has 2 atom stereocenters. The minimum atomic E-state index is 0.0875. The number of pyridine rings is 2. The number of aromatic nitrogens is 2. The number of likely N-dealkylation sites (tertiary alicyclic amines) is 1. The lowest BCUT2D eigenvalue weighted by Gasteiger charge is -2.43. The Labute approximate surface area is 154 Å². The Morgan fingerprint density at radius 2 is 2.04 bits per heavy atom. The maximum Gasteiger partial charge on any atom is 0.251 e. The van der Waals surface area contributed by atoms with Gasteiger partial charge in [0.25, 0.3) is 5.56 Å². The Morgan fingerprint density at radius 1 is 1.23 bits per heavy atom. The van der Waals surface area contributed by atoms with Crippen molar-refractivity contribution in [2.45, 2.75) is 39.7 Å². The third-order valence-electron chi connectivity index (χ3n) is 5.63. The summed E-state index contributed by atoms with van der Waals surface area (Å²) in [4.78, 5) is 19.7. The normalized spacial score (nSPS) is 22.5. The summed E-state index contributed by atoms with van der Waals surface area (Å²) in [5.74, 6) is 2.16. The second-order valence-electron chi connectivity index (χ2n) is 8.41. The highest BCUT2D eigenvalue weighted by Crippen LogP contribution is 2.37. The lowest BCUT2D eigenvalue weighted by molar-refractivity contribution is 0.109. The highest BCUT2D eigenvalue weighted by molar-refractivity contribution is 5.74. The van der Waals surface area contributed by atoms with E-state index in [0.717, 1.165) is 48.7 Å². The Hall–Kier alpha value is -2.14. The van der Waals surface area contributed by atoms with Crippen LogP contribution in [0.3, 0.4) is 0 Å². The van der Waals surface area contributed by atoms with Crippen molar-refractivity contribution < 1.29 is 0 Å². The zero-order valence-corrected chi connectivity index (χ0v) is 15.9. The molecule has 2 N–H and O–H groups in total. The number of fused-ring (bicyclic) bond motifs is 4. The van der Waals surface area contributed by atoms with Gasteiger partial charge in [-0.05, 0) is 48.9 Å². The van der Waals surface area contributed by atoms with Gasteiger partial charge in [0, 0.05) is 55.1 Å². The standard InChI is InChI=1S/C21H28N4O/c1-13(2)9-24-10-15-6-17(12-24)19-7-16(8-20(26)25(19)11-15)18-5-4-14(3)23-21(18)22/h4-5,7-8,13,15,17H,6,9-12H2,1-3H3,(H2,22,23)/t15-,17+/m0/s1. The van der Waals surface area contributed by atoms with Crippen molar-refractivity contribution in [2.75, 3.05) is 25.4 Å². The lowest BCUT2D eigenvalue weighted by Crippen LogP contribution is -2.48. The predicted octanol–water partition coefficient (Wildman–Crippen LogP) is 2.88. The van der Waals surface area contributed by atoms with Gasteiger partial charge in [-0.3, -0.25) is 4.79 Å². The summed E-state index contributed by atoms with van der Waals surface area (Å²) < 4.78 is 1.99. The fourth-order valence-corrected chi connectivity index (χ4v) is 4.70. The van der Waals surface area contributed by atoms with Gasteiger partial charge in [-0.25, -0.2) is 4.98 Å². The average Bonchev–Trinajstić information content (AvgIpc) is 2.55. The zero-order valence-electron chi connectivity index (χ0n) is 15.9. The molecule has 138 valence electrons. The van der Waals surface area contributed by atoms with Crippen LogP contribution in [0, 0.1) is 18.8 Å². The zero-order chi connectivity index (χ0) is 18.4. The summed E-state index contributed by atoms with van der Waals surface area (Å²) in [6.45, 7) is 10.6. The minimum Gasteiger partial charge on any atom is -0.383 e. The predicted molar refractivity (Wildman–Crippen MR) is 105 cm³/mol. The van der Waals surface area contributed by atoms with Gasteiger partial charge in [-0.2, -0.15) is 0 Å². The van der Waals surface area contributed by atoms with Gasteiger partial charge < -0.3 is 15.2 Å². The Morgan fingerprint density at radius 3 is 2.77 bits per heavy atom. The molecule has 4 heterocycles. The van der Waals surface area contributed by atoms with E-state index in [9.17, 15) is 4.79 Å². The van der Waals surface area contributed by atoms with Crippen LogP contribution in [0.1, 0.15) is 37.6 Å². The molecule has 4 rings (SSSR count). The number of nitrogen functional groups attached to an aromatic ring is 1. The van der Waals surface area contributed by atoms with Gasteiger partial charge in [0.05, 0.1) is 0 Å². The number of anilines is 1. The van der Waals surface area contributed by atoms with E-state index in [-0.39, 0.29) is 5.56 Å². The molecule has 2 bridgehead atoms. The minimum absolute atomic E-state index is 0.0875. The monoisotopic (exact) mass is 352 g/mol. The molecule has 2 aromatic rings. The van der Waals surface area contributed by atoms with Crippen LogP contribution in [0.4, 0.5) is 5.82 Å². The maximum absolute atomic E-state index is 12.8. The highest BCUT2D eigenvalue weighted by Gasteiger charge is 2.35. The van der Waals surface area contributed by atoms with Crippen molar-refractivity contribution in [1.82, 2.24) is 14.5 Å². The van der Waals surface area contributed by atoms with E-state index < -0.39 is 0 Å². The van der Waals surface area contributed by atoms with Crippen LogP contribution >= 0.6 is 0 Å². The van der Waals surface area contributed by atoms with Gasteiger partial charge in [0.15, 0.2) is 0 Å². The van der Waals surface area contributed by atoms with Crippen LogP contribution in [-0.2, 0) is 6.54 Å². The van der Waals surface area contributed by atoms with E-state index in [1.165, 1.54) is 6.42 Å². The fraction of sp³-hybridized carbons (Fsp3) is 0.524. The molecule has 0 spiro atoms. The summed E-state index contributed by atoms with van der Waals surface area (Å²) in [5, 5.41) is 0. The summed E-state index contributed by atoms with van der Waals surface area (Å²) >= 11 is 0. The van der Waals surface area contributed by atoms with E-state index in [4.69, 9.17) is 5.73 Å². The molecule has 26 heavy (non-hydrogen) atoms. The van der Waals surface area contributed by atoms with Gasteiger partial charge >= 0.3 is 0 Å². The highest BCUT2D eigenvalue weighted by atomic mass is 16.1. The molecule has 0 unspecified atom stereocenters. The molecule has 5 nitrogen and oxygen atoms in total. The van der Waals surface area contributed by atoms with Crippen molar-refractivity contribution in [2.24, 2.45) is 11.8 Å². The van der Waals surface area contributed by atoms with Crippen LogP contribution in [0.25, 0.3) is 11.1 Å². The van der Waals surface area contributed by atoms with Crippen molar-refractivity contribution in [3.05, 3.63) is 46.0 Å². The summed E-state index contributed by atoms with van der Waals surface area (Å²) in [6.07, 6.45) is 1.18. The van der Waals surface area contributed by atoms with Crippen LogP contribution in [-0.4, -0.2) is 34.1 Å². The molecule has 0 aliphatic carbocycles. The molecule has 0 saturated carbocycles.